The summed E-state index contributed by atoms with van der Waals surface area (Å²) in [5, 5.41) is 0. The summed E-state index contributed by atoms with van der Waals surface area (Å²) in [7, 11) is 0. The van der Waals surface area contributed by atoms with Crippen LogP contribution in [0.1, 0.15) is 59.8 Å². The second-order valence-electron chi connectivity index (χ2n) is 5.38. The molecule has 1 atom stereocenters. The monoisotopic (exact) mass is 225 g/mol. The summed E-state index contributed by atoms with van der Waals surface area (Å²) in [6.45, 7) is 10.5. The molecule has 2 rings (SSSR count). The Labute approximate surface area is 100 Å². The van der Waals surface area contributed by atoms with Crippen LogP contribution in [0.25, 0.3) is 0 Å². The smallest absolute Gasteiger partial charge is 0.222 e. The Morgan fingerprint density at radius 3 is 2.44 bits per heavy atom. The number of likely N-dealkylation sites (tertiary alicyclic amines) is 1. The molecular weight excluding hydrogens is 198 g/mol. The van der Waals surface area contributed by atoms with E-state index in [4.69, 9.17) is 0 Å². The standard InChI is InChI=1S/C12H21NO.C2H6/c1-3-12(2)6-7-13(9-12)11(14)8-10-4-5-10;1-2/h10H,3-9H2,1-2H3;1-2H3/t12-;/m0./s1. The number of hydrogen-bond donors (Lipinski definition) is 0. The quantitative estimate of drug-likeness (QED) is 0.720. The van der Waals surface area contributed by atoms with Gasteiger partial charge in [-0.25, -0.2) is 0 Å². The van der Waals surface area contributed by atoms with Crippen LogP contribution in [0, 0.1) is 11.3 Å². The minimum absolute atomic E-state index is 0.402. The maximum atomic E-state index is 11.8. The predicted molar refractivity (Wildman–Crippen MR) is 68.3 cm³/mol. The molecule has 0 radical (unpaired) electrons. The van der Waals surface area contributed by atoms with E-state index in [1.807, 2.05) is 13.8 Å². The second-order valence-corrected chi connectivity index (χ2v) is 5.38. The van der Waals surface area contributed by atoms with E-state index in [9.17, 15) is 4.79 Å². The lowest BCUT2D eigenvalue weighted by molar-refractivity contribution is -0.130. The van der Waals surface area contributed by atoms with E-state index < -0.39 is 0 Å². The average molecular weight is 225 g/mol. The van der Waals surface area contributed by atoms with E-state index >= 15 is 0 Å². The highest BCUT2D eigenvalue weighted by Crippen LogP contribution is 2.36. The third-order valence-corrected chi connectivity index (χ3v) is 3.92. The van der Waals surface area contributed by atoms with Gasteiger partial charge in [0.15, 0.2) is 0 Å². The van der Waals surface area contributed by atoms with Crippen molar-refractivity contribution >= 4 is 5.91 Å². The van der Waals surface area contributed by atoms with Crippen molar-refractivity contribution in [3.8, 4) is 0 Å². The van der Waals surface area contributed by atoms with Crippen molar-refractivity contribution in [1.29, 1.82) is 0 Å². The van der Waals surface area contributed by atoms with Crippen molar-refractivity contribution in [2.24, 2.45) is 11.3 Å². The first-order valence-electron chi connectivity index (χ1n) is 6.91. The molecule has 1 aliphatic heterocycles. The molecule has 94 valence electrons. The SMILES string of the molecule is CC.CC[C@@]1(C)CCN(C(=O)CC2CC2)C1. The maximum Gasteiger partial charge on any atom is 0.222 e. The van der Waals surface area contributed by atoms with Gasteiger partial charge in [-0.15, -0.1) is 0 Å². The molecule has 0 unspecified atom stereocenters. The minimum atomic E-state index is 0.402. The molecule has 2 heteroatoms. The first-order chi connectivity index (χ1) is 7.63. The Balaban J connectivity index is 0.000000606. The molecular formula is C14H27NO. The van der Waals surface area contributed by atoms with Crippen molar-refractivity contribution in [3.05, 3.63) is 0 Å². The summed E-state index contributed by atoms with van der Waals surface area (Å²) < 4.78 is 0. The van der Waals surface area contributed by atoms with Gasteiger partial charge in [0, 0.05) is 19.5 Å². The molecule has 0 aromatic carbocycles. The fraction of sp³-hybridized carbons (Fsp3) is 0.929. The molecule has 1 heterocycles. The first kappa shape index (κ1) is 13.5. The van der Waals surface area contributed by atoms with E-state index in [1.54, 1.807) is 0 Å². The molecule has 0 bridgehead atoms. The minimum Gasteiger partial charge on any atom is -0.342 e. The normalized spacial score (nSPS) is 28.6. The Morgan fingerprint density at radius 1 is 1.38 bits per heavy atom. The van der Waals surface area contributed by atoms with Crippen molar-refractivity contribution in [2.75, 3.05) is 13.1 Å². The fourth-order valence-electron chi connectivity index (χ4n) is 2.22. The molecule has 2 nitrogen and oxygen atoms in total. The van der Waals surface area contributed by atoms with E-state index in [-0.39, 0.29) is 0 Å². The van der Waals surface area contributed by atoms with Crippen LogP contribution in [0.3, 0.4) is 0 Å². The molecule has 0 spiro atoms. The van der Waals surface area contributed by atoms with E-state index in [2.05, 4.69) is 18.7 Å². The molecule has 0 aromatic rings. The van der Waals surface area contributed by atoms with Crippen LogP contribution in [0.5, 0.6) is 0 Å². The summed E-state index contributed by atoms with van der Waals surface area (Å²) in [6.07, 6.45) is 5.77. The number of hydrogen-bond acceptors (Lipinski definition) is 1. The average Bonchev–Trinajstić information content (AvgIpc) is 3.02. The lowest BCUT2D eigenvalue weighted by atomic mass is 9.87. The van der Waals surface area contributed by atoms with Gasteiger partial charge in [0.1, 0.15) is 0 Å². The number of amides is 1. The lowest BCUT2D eigenvalue weighted by Crippen LogP contribution is -2.31. The zero-order chi connectivity index (χ0) is 12.2. The molecule has 0 N–H and O–H groups in total. The number of rotatable bonds is 3. The number of carbonyl (C=O) groups excluding carboxylic acids is 1. The van der Waals surface area contributed by atoms with Crippen LogP contribution in [0.15, 0.2) is 0 Å². The number of nitrogens with zero attached hydrogens (tertiary/aromatic N) is 1. The van der Waals surface area contributed by atoms with E-state index in [0.29, 0.717) is 11.3 Å². The highest BCUT2D eigenvalue weighted by Gasteiger charge is 2.36. The molecule has 1 saturated carbocycles. The van der Waals surface area contributed by atoms with Crippen LogP contribution in [-0.2, 0) is 4.79 Å². The third kappa shape index (κ3) is 3.50. The first-order valence-corrected chi connectivity index (χ1v) is 6.91. The van der Waals surface area contributed by atoms with Crippen molar-refractivity contribution in [2.45, 2.75) is 59.8 Å². The molecule has 1 amide bonds. The highest BCUT2D eigenvalue weighted by atomic mass is 16.2. The fourth-order valence-corrected chi connectivity index (χ4v) is 2.22. The van der Waals surface area contributed by atoms with Crippen molar-refractivity contribution in [3.63, 3.8) is 0 Å². The molecule has 0 aromatic heterocycles. The second kappa shape index (κ2) is 5.70. The van der Waals surface area contributed by atoms with E-state index in [1.165, 1.54) is 25.7 Å². The molecule has 2 aliphatic rings. The van der Waals surface area contributed by atoms with Crippen molar-refractivity contribution < 1.29 is 4.79 Å². The van der Waals surface area contributed by atoms with Crippen LogP contribution in [0.2, 0.25) is 0 Å². The highest BCUT2D eigenvalue weighted by molar-refractivity contribution is 5.77. The molecule has 1 saturated heterocycles. The van der Waals surface area contributed by atoms with Gasteiger partial charge in [-0.2, -0.15) is 0 Å². The Kier molecular flexibility index (Phi) is 4.82. The van der Waals surface area contributed by atoms with E-state index in [0.717, 1.165) is 25.4 Å². The van der Waals surface area contributed by atoms with Crippen LogP contribution < -0.4 is 0 Å². The van der Waals surface area contributed by atoms with Gasteiger partial charge in [-0.3, -0.25) is 4.79 Å². The summed E-state index contributed by atoms with van der Waals surface area (Å²) in [5.74, 6) is 1.14. The number of carbonyl (C=O) groups is 1. The van der Waals surface area contributed by atoms with Gasteiger partial charge in [0.2, 0.25) is 5.91 Å². The maximum absolute atomic E-state index is 11.8. The van der Waals surface area contributed by atoms with Crippen LogP contribution >= 0.6 is 0 Å². The summed E-state index contributed by atoms with van der Waals surface area (Å²) in [5.41, 5.74) is 0.402. The van der Waals surface area contributed by atoms with Crippen LogP contribution in [0.4, 0.5) is 0 Å². The van der Waals surface area contributed by atoms with Gasteiger partial charge in [-0.05, 0) is 37.0 Å². The van der Waals surface area contributed by atoms with Gasteiger partial charge in [0.25, 0.3) is 0 Å². The Morgan fingerprint density at radius 2 is 2.00 bits per heavy atom. The van der Waals surface area contributed by atoms with Crippen molar-refractivity contribution in [1.82, 2.24) is 4.90 Å². The van der Waals surface area contributed by atoms with Gasteiger partial charge in [-0.1, -0.05) is 27.7 Å². The summed E-state index contributed by atoms with van der Waals surface area (Å²) >= 11 is 0. The summed E-state index contributed by atoms with van der Waals surface area (Å²) in [6, 6.07) is 0. The topological polar surface area (TPSA) is 20.3 Å². The van der Waals surface area contributed by atoms with Crippen LogP contribution in [-0.4, -0.2) is 23.9 Å². The zero-order valence-corrected chi connectivity index (χ0v) is 11.4. The molecule has 16 heavy (non-hydrogen) atoms. The predicted octanol–water partition coefficient (Wildman–Crippen LogP) is 3.46. The largest absolute Gasteiger partial charge is 0.342 e. The Hall–Kier alpha value is -0.530. The third-order valence-electron chi connectivity index (χ3n) is 3.92. The van der Waals surface area contributed by atoms with Gasteiger partial charge >= 0.3 is 0 Å². The molecule has 1 aliphatic carbocycles. The summed E-state index contributed by atoms with van der Waals surface area (Å²) in [4.78, 5) is 13.9. The zero-order valence-electron chi connectivity index (χ0n) is 11.4. The lowest BCUT2D eigenvalue weighted by Gasteiger charge is -2.22. The molecule has 2 fully saturated rings. The van der Waals surface area contributed by atoms with Gasteiger partial charge in [0.05, 0.1) is 0 Å². The Bertz CT molecular complexity index is 235. The van der Waals surface area contributed by atoms with Gasteiger partial charge < -0.3 is 4.90 Å².